The van der Waals surface area contributed by atoms with Crippen LogP contribution in [0, 0.1) is 6.92 Å². The van der Waals surface area contributed by atoms with Crippen molar-refractivity contribution in [2.75, 3.05) is 13.1 Å². The van der Waals surface area contributed by atoms with Gasteiger partial charge in [0.1, 0.15) is 11.6 Å². The molecule has 8 heteroatoms. The first-order valence-corrected chi connectivity index (χ1v) is 4.97. The van der Waals surface area contributed by atoms with Crippen molar-refractivity contribution < 1.29 is 14.7 Å². The summed E-state index contributed by atoms with van der Waals surface area (Å²) in [6.07, 6.45) is 0. The zero-order valence-corrected chi connectivity index (χ0v) is 9.75. The van der Waals surface area contributed by atoms with Gasteiger partial charge in [0.2, 0.25) is 5.91 Å². The minimum atomic E-state index is -1.02. The molecule has 0 aromatic carbocycles. The number of carboxylic acids is 1. The number of hydrogen-bond donors (Lipinski definition) is 2. The lowest BCUT2D eigenvalue weighted by Crippen LogP contribution is -2.37. The van der Waals surface area contributed by atoms with Gasteiger partial charge in [0.05, 0.1) is 19.6 Å². The summed E-state index contributed by atoms with van der Waals surface area (Å²) in [4.78, 5) is 22.8. The lowest BCUT2D eigenvalue weighted by Gasteiger charge is -2.17. The Morgan fingerprint density at radius 1 is 1.41 bits per heavy atom. The molecule has 1 amide bonds. The lowest BCUT2D eigenvalue weighted by atomic mass is 10.4. The van der Waals surface area contributed by atoms with E-state index in [9.17, 15) is 9.59 Å². The van der Waals surface area contributed by atoms with Crippen LogP contribution in [0.15, 0.2) is 0 Å². The second-order valence-corrected chi connectivity index (χ2v) is 3.73. The number of amides is 1. The summed E-state index contributed by atoms with van der Waals surface area (Å²) in [5.74, 6) is -0.297. The summed E-state index contributed by atoms with van der Waals surface area (Å²) in [6.45, 7) is 1.60. The van der Waals surface area contributed by atoms with E-state index in [0.29, 0.717) is 11.6 Å². The molecule has 0 aliphatic rings. The van der Waals surface area contributed by atoms with E-state index in [0.717, 1.165) is 0 Å². The highest BCUT2D eigenvalue weighted by Gasteiger charge is 2.16. The van der Waals surface area contributed by atoms with Crippen molar-refractivity contribution in [3.8, 4) is 0 Å². The van der Waals surface area contributed by atoms with Crippen LogP contribution in [0.25, 0.3) is 0 Å². The van der Waals surface area contributed by atoms with E-state index in [1.807, 2.05) is 0 Å². The van der Waals surface area contributed by atoms with Gasteiger partial charge < -0.3 is 15.4 Å². The first-order valence-electron chi connectivity index (χ1n) is 4.97. The molecule has 0 unspecified atom stereocenters. The molecule has 94 valence electrons. The Hall–Kier alpha value is -1.96. The number of rotatable bonds is 6. The van der Waals surface area contributed by atoms with E-state index >= 15 is 0 Å². The average molecular weight is 241 g/mol. The molecule has 0 aliphatic carbocycles. The maximum atomic E-state index is 10.8. The number of carboxylic acid groups (broad SMARTS) is 1. The third-order valence-electron chi connectivity index (χ3n) is 2.29. The molecular weight excluding hydrogens is 226 g/mol. The number of aromatic nitrogens is 3. The Morgan fingerprint density at radius 2 is 2.06 bits per heavy atom. The second kappa shape index (κ2) is 5.39. The van der Waals surface area contributed by atoms with E-state index in [2.05, 4.69) is 10.2 Å². The predicted molar refractivity (Wildman–Crippen MR) is 57.8 cm³/mol. The number of aryl methyl sites for hydroxylation is 1. The fourth-order valence-electron chi connectivity index (χ4n) is 1.37. The summed E-state index contributed by atoms with van der Waals surface area (Å²) < 4.78 is 1.73. The second-order valence-electron chi connectivity index (χ2n) is 3.73. The first-order chi connectivity index (χ1) is 7.90. The third kappa shape index (κ3) is 3.83. The minimum absolute atomic E-state index is 0.127. The van der Waals surface area contributed by atoms with Gasteiger partial charge in [0.15, 0.2) is 0 Å². The third-order valence-corrected chi connectivity index (χ3v) is 2.29. The van der Waals surface area contributed by atoms with E-state index in [1.165, 1.54) is 4.90 Å². The molecule has 3 N–H and O–H groups in total. The molecule has 1 heterocycles. The highest BCUT2D eigenvalue weighted by molar-refractivity contribution is 5.77. The van der Waals surface area contributed by atoms with E-state index < -0.39 is 11.9 Å². The highest BCUT2D eigenvalue weighted by Crippen LogP contribution is 2.02. The number of hydrogen-bond acceptors (Lipinski definition) is 5. The van der Waals surface area contributed by atoms with Crippen molar-refractivity contribution in [1.29, 1.82) is 0 Å². The van der Waals surface area contributed by atoms with Crippen LogP contribution in [0.5, 0.6) is 0 Å². The molecule has 17 heavy (non-hydrogen) atoms. The molecular formula is C9H15N5O3. The maximum Gasteiger partial charge on any atom is 0.317 e. The fraction of sp³-hybridized carbons (Fsp3) is 0.556. The molecule has 1 rings (SSSR count). The largest absolute Gasteiger partial charge is 0.480 e. The molecule has 1 aromatic heterocycles. The Morgan fingerprint density at radius 3 is 2.47 bits per heavy atom. The number of carbonyl (C=O) groups is 2. The number of nitrogens with zero attached hydrogens (tertiary/aromatic N) is 4. The summed E-state index contributed by atoms with van der Waals surface area (Å²) in [5.41, 5.74) is 5.05. The zero-order chi connectivity index (χ0) is 13.0. The molecule has 8 nitrogen and oxygen atoms in total. The Bertz CT molecular complexity index is 412. The first kappa shape index (κ1) is 13.1. The Balaban J connectivity index is 2.74. The lowest BCUT2D eigenvalue weighted by molar-refractivity contribution is -0.138. The molecule has 0 fully saturated rings. The molecule has 0 saturated heterocycles. The van der Waals surface area contributed by atoms with Crippen molar-refractivity contribution in [3.63, 3.8) is 0 Å². The number of carbonyl (C=O) groups excluding carboxylic acids is 1. The summed E-state index contributed by atoms with van der Waals surface area (Å²) in [5, 5.41) is 16.5. The van der Waals surface area contributed by atoms with Gasteiger partial charge in [-0.15, -0.1) is 10.2 Å². The van der Waals surface area contributed by atoms with Crippen molar-refractivity contribution in [2.24, 2.45) is 12.8 Å². The molecule has 1 aromatic rings. The van der Waals surface area contributed by atoms with Crippen molar-refractivity contribution >= 4 is 11.9 Å². The van der Waals surface area contributed by atoms with Crippen molar-refractivity contribution in [3.05, 3.63) is 11.6 Å². The van der Waals surface area contributed by atoms with Gasteiger partial charge in [-0.05, 0) is 6.92 Å². The Labute approximate surface area is 98.0 Å². The Kier molecular flexibility index (Phi) is 4.16. The maximum absolute atomic E-state index is 10.8. The zero-order valence-electron chi connectivity index (χ0n) is 9.75. The quantitative estimate of drug-likeness (QED) is 0.626. The van der Waals surface area contributed by atoms with E-state index in [1.54, 1.807) is 18.5 Å². The van der Waals surface area contributed by atoms with Crippen LogP contribution in [0.2, 0.25) is 0 Å². The molecule has 0 radical (unpaired) electrons. The SMILES string of the molecule is Cc1nnc(CN(CC(N)=O)CC(=O)O)n1C. The standard InChI is InChI=1S/C9H15N5O3/c1-6-11-12-8(13(6)2)4-14(3-7(10)15)5-9(16)17/h3-5H2,1-2H3,(H2,10,15)(H,16,17). The van der Waals surface area contributed by atoms with Crippen LogP contribution in [0.3, 0.4) is 0 Å². The van der Waals surface area contributed by atoms with Crippen molar-refractivity contribution in [2.45, 2.75) is 13.5 Å². The van der Waals surface area contributed by atoms with Gasteiger partial charge in [-0.2, -0.15) is 0 Å². The number of primary amides is 1. The number of nitrogens with two attached hydrogens (primary N) is 1. The van der Waals surface area contributed by atoms with Gasteiger partial charge in [-0.25, -0.2) is 0 Å². The number of aliphatic carboxylic acids is 1. The fourth-order valence-corrected chi connectivity index (χ4v) is 1.37. The van der Waals surface area contributed by atoms with Gasteiger partial charge in [0.25, 0.3) is 0 Å². The molecule has 0 saturated carbocycles. The summed E-state index contributed by atoms with van der Waals surface area (Å²) in [6, 6.07) is 0. The van der Waals surface area contributed by atoms with Gasteiger partial charge >= 0.3 is 5.97 Å². The predicted octanol–water partition coefficient (Wildman–Crippen LogP) is -1.50. The van der Waals surface area contributed by atoms with E-state index in [4.69, 9.17) is 10.8 Å². The van der Waals surface area contributed by atoms with Crippen LogP contribution in [-0.4, -0.2) is 49.7 Å². The van der Waals surface area contributed by atoms with Crippen LogP contribution in [0.4, 0.5) is 0 Å². The average Bonchev–Trinajstić information content (AvgIpc) is 2.47. The summed E-state index contributed by atoms with van der Waals surface area (Å²) >= 11 is 0. The highest BCUT2D eigenvalue weighted by atomic mass is 16.4. The van der Waals surface area contributed by atoms with Gasteiger partial charge in [0, 0.05) is 7.05 Å². The summed E-state index contributed by atoms with van der Waals surface area (Å²) in [7, 11) is 1.77. The van der Waals surface area contributed by atoms with Gasteiger partial charge in [-0.3, -0.25) is 14.5 Å². The molecule has 0 spiro atoms. The van der Waals surface area contributed by atoms with Crippen LogP contribution in [-0.2, 0) is 23.2 Å². The molecule has 0 aliphatic heterocycles. The van der Waals surface area contributed by atoms with Crippen molar-refractivity contribution in [1.82, 2.24) is 19.7 Å². The monoisotopic (exact) mass is 241 g/mol. The van der Waals surface area contributed by atoms with Crippen LogP contribution >= 0.6 is 0 Å². The van der Waals surface area contributed by atoms with Gasteiger partial charge in [-0.1, -0.05) is 0 Å². The topological polar surface area (TPSA) is 114 Å². The minimum Gasteiger partial charge on any atom is -0.480 e. The van der Waals surface area contributed by atoms with E-state index in [-0.39, 0.29) is 19.6 Å². The molecule has 0 atom stereocenters. The smallest absolute Gasteiger partial charge is 0.317 e. The molecule has 0 bridgehead atoms. The normalized spacial score (nSPS) is 10.8. The van der Waals surface area contributed by atoms with Crippen LogP contribution in [0.1, 0.15) is 11.6 Å². The van der Waals surface area contributed by atoms with Crippen LogP contribution < -0.4 is 5.73 Å².